The molecule has 7 heteroatoms. The fourth-order valence-electron chi connectivity index (χ4n) is 0.874. The van der Waals surface area contributed by atoms with Crippen molar-refractivity contribution in [2.45, 2.75) is 0 Å². The van der Waals surface area contributed by atoms with E-state index < -0.39 is 5.03 Å². The van der Waals surface area contributed by atoms with Crippen LogP contribution in [0.15, 0.2) is 18.9 Å². The van der Waals surface area contributed by atoms with E-state index in [9.17, 15) is 10.1 Å². The third-order valence-electron chi connectivity index (χ3n) is 1.37. The van der Waals surface area contributed by atoms with Gasteiger partial charge in [-0.1, -0.05) is 0 Å². The molecule has 2 heterocycles. The van der Waals surface area contributed by atoms with Gasteiger partial charge in [0.2, 0.25) is 5.65 Å². The summed E-state index contributed by atoms with van der Waals surface area (Å²) < 4.78 is 0.747. The molecule has 2 aromatic heterocycles. The van der Waals surface area contributed by atoms with Crippen LogP contribution in [0.3, 0.4) is 0 Å². The Hall–Kier alpha value is -2.05. The Morgan fingerprint density at radius 2 is 2.33 bits per heavy atom. The third kappa shape index (κ3) is 0.797. The Labute approximate surface area is 65.8 Å². The number of nitrogens with zero attached hydrogens (tertiary/aromatic N) is 5. The van der Waals surface area contributed by atoms with Gasteiger partial charge in [-0.2, -0.15) is 0 Å². The molecule has 0 radical (unpaired) electrons. The summed E-state index contributed by atoms with van der Waals surface area (Å²) in [5.74, 6) is 0. The van der Waals surface area contributed by atoms with Crippen molar-refractivity contribution in [3.63, 3.8) is 0 Å². The van der Waals surface area contributed by atoms with E-state index in [4.69, 9.17) is 0 Å². The first kappa shape index (κ1) is 6.65. The average Bonchev–Trinajstić information content (AvgIpc) is 2.47. The van der Waals surface area contributed by atoms with Gasteiger partial charge in [-0.15, -0.1) is 0 Å². The molecule has 0 aliphatic rings. The van der Waals surface area contributed by atoms with Crippen molar-refractivity contribution >= 4 is 11.2 Å². The molecule has 0 atom stereocenters. The van der Waals surface area contributed by atoms with Crippen molar-refractivity contribution in [1.29, 1.82) is 0 Å². The van der Waals surface area contributed by atoms with Gasteiger partial charge in [-0.25, -0.2) is 25.1 Å². The van der Waals surface area contributed by atoms with Crippen molar-refractivity contribution in [3.8, 4) is 0 Å². The first-order valence-electron chi connectivity index (χ1n) is 3.07. The largest absolute Gasteiger partial charge is 0.242 e. The van der Waals surface area contributed by atoms with E-state index in [1.807, 2.05) is 0 Å². The minimum absolute atomic E-state index is 0.204. The zero-order valence-electron chi connectivity index (χ0n) is 5.78. The topological polar surface area (TPSA) is 86.7 Å². The Morgan fingerprint density at radius 3 is 3.08 bits per heavy atom. The molecule has 0 aromatic carbocycles. The average molecular weight is 165 g/mol. The van der Waals surface area contributed by atoms with Gasteiger partial charge in [0.05, 0.1) is 6.20 Å². The molecule has 0 N–H and O–H groups in total. The van der Waals surface area contributed by atoms with Gasteiger partial charge in [0.25, 0.3) is 0 Å². The quantitative estimate of drug-likeness (QED) is 0.433. The Bertz CT molecular complexity index is 436. The molecule has 2 rings (SSSR count). The summed E-state index contributed by atoms with van der Waals surface area (Å²) in [6.07, 6.45) is 3.76. The highest BCUT2D eigenvalue weighted by atomic mass is 16.7. The molecule has 0 spiro atoms. The highest BCUT2D eigenvalue weighted by Gasteiger charge is 2.10. The number of hydrogen-bond donors (Lipinski definition) is 0. The van der Waals surface area contributed by atoms with E-state index in [-0.39, 0.29) is 5.65 Å². The number of imidazole rings is 1. The number of fused-ring (bicyclic) bond motifs is 1. The minimum atomic E-state index is -0.595. The summed E-state index contributed by atoms with van der Waals surface area (Å²) in [6.45, 7) is 0. The summed E-state index contributed by atoms with van der Waals surface area (Å²) in [6, 6.07) is 0. The normalized spacial score (nSPS) is 10.3. The van der Waals surface area contributed by atoms with Gasteiger partial charge < -0.3 is 0 Å². The van der Waals surface area contributed by atoms with Crippen LogP contribution in [0.2, 0.25) is 0 Å². The van der Waals surface area contributed by atoms with Crippen LogP contribution >= 0.6 is 0 Å². The van der Waals surface area contributed by atoms with Crippen molar-refractivity contribution in [2.75, 3.05) is 0 Å². The fourth-order valence-corrected chi connectivity index (χ4v) is 0.874. The van der Waals surface area contributed by atoms with E-state index >= 15 is 0 Å². The fraction of sp³-hybridized carbons (Fsp3) is 0. The van der Waals surface area contributed by atoms with E-state index in [0.717, 1.165) is 11.0 Å². The van der Waals surface area contributed by atoms with Crippen LogP contribution in [0.5, 0.6) is 0 Å². The van der Waals surface area contributed by atoms with Crippen molar-refractivity contribution in [1.82, 2.24) is 19.6 Å². The van der Waals surface area contributed by atoms with Crippen molar-refractivity contribution in [3.05, 3.63) is 29.0 Å². The highest BCUT2D eigenvalue weighted by molar-refractivity contribution is 5.68. The Morgan fingerprint density at radius 1 is 1.50 bits per heavy atom. The zero-order chi connectivity index (χ0) is 8.55. The Balaban J connectivity index is 2.79. The monoisotopic (exact) mass is 165 g/mol. The molecular weight excluding hydrogens is 162 g/mol. The maximum Gasteiger partial charge on any atom is 0.230 e. The van der Waals surface area contributed by atoms with E-state index in [2.05, 4.69) is 15.0 Å². The summed E-state index contributed by atoms with van der Waals surface area (Å²) in [5, 5.41) is 9.75. The van der Waals surface area contributed by atoms with Gasteiger partial charge in [0, 0.05) is 0 Å². The number of aromatic nitrogens is 4. The molecule has 0 unspecified atom stereocenters. The molecule has 0 bridgehead atoms. The lowest BCUT2D eigenvalue weighted by Gasteiger charge is -1.88. The maximum atomic E-state index is 10.3. The molecule has 0 aliphatic heterocycles. The highest BCUT2D eigenvalue weighted by Crippen LogP contribution is 2.05. The van der Waals surface area contributed by atoms with Crippen LogP contribution in [0.25, 0.3) is 11.2 Å². The molecule has 0 fully saturated rings. The number of hydrogen-bond acceptors (Lipinski definition) is 5. The second-order valence-corrected chi connectivity index (χ2v) is 2.06. The zero-order valence-corrected chi connectivity index (χ0v) is 5.78. The maximum absolute atomic E-state index is 10.3. The molecule has 0 saturated heterocycles. The lowest BCUT2D eigenvalue weighted by atomic mass is 10.6. The molecule has 12 heavy (non-hydrogen) atoms. The molecule has 7 nitrogen and oxygen atoms in total. The second-order valence-electron chi connectivity index (χ2n) is 2.06. The van der Waals surface area contributed by atoms with Crippen LogP contribution in [0.1, 0.15) is 0 Å². The number of rotatable bonds is 1. The molecular formula is C5H3N5O2. The van der Waals surface area contributed by atoms with Crippen LogP contribution in [0, 0.1) is 10.1 Å². The molecule has 60 valence electrons. The summed E-state index contributed by atoms with van der Waals surface area (Å²) in [5.41, 5.74) is 0.615. The van der Waals surface area contributed by atoms with E-state index in [0.29, 0.717) is 5.52 Å². The van der Waals surface area contributed by atoms with Crippen LogP contribution in [-0.2, 0) is 0 Å². The summed E-state index contributed by atoms with van der Waals surface area (Å²) >= 11 is 0. The van der Waals surface area contributed by atoms with Gasteiger partial charge in [0.1, 0.15) is 11.8 Å². The molecule has 0 amide bonds. The predicted octanol–water partition coefficient (Wildman–Crippen LogP) is -0.134. The second kappa shape index (κ2) is 2.22. The van der Waals surface area contributed by atoms with Gasteiger partial charge >= 0.3 is 0 Å². The van der Waals surface area contributed by atoms with Gasteiger partial charge in [-0.3, -0.25) is 0 Å². The first-order valence-corrected chi connectivity index (χ1v) is 3.07. The standard InChI is InChI=1S/C5H3N5O2/c11-10(12)9-3-8-4-1-6-2-7-5(4)9/h1-3H. The lowest BCUT2D eigenvalue weighted by molar-refractivity contribution is -0.538. The first-order chi connectivity index (χ1) is 5.79. The van der Waals surface area contributed by atoms with Gasteiger partial charge in [0.15, 0.2) is 11.4 Å². The van der Waals surface area contributed by atoms with E-state index in [1.165, 1.54) is 12.5 Å². The number of nitro groups is 1. The minimum Gasteiger partial charge on any atom is -0.242 e. The van der Waals surface area contributed by atoms with Crippen LogP contribution in [-0.4, -0.2) is 24.7 Å². The molecule has 0 aliphatic carbocycles. The smallest absolute Gasteiger partial charge is 0.230 e. The predicted molar refractivity (Wildman–Crippen MR) is 37.7 cm³/mol. The summed E-state index contributed by atoms with van der Waals surface area (Å²) in [4.78, 5) is 21.5. The molecule has 2 aromatic rings. The summed E-state index contributed by atoms with van der Waals surface area (Å²) in [7, 11) is 0. The van der Waals surface area contributed by atoms with Crippen LogP contribution < -0.4 is 0 Å². The third-order valence-corrected chi connectivity index (χ3v) is 1.37. The Kier molecular flexibility index (Phi) is 1.23. The SMILES string of the molecule is O=[N+]([O-])n1cnc2cncnc21. The van der Waals surface area contributed by atoms with Gasteiger partial charge in [-0.05, 0) is 4.68 Å². The lowest BCUT2D eigenvalue weighted by Crippen LogP contribution is -2.07. The van der Waals surface area contributed by atoms with Crippen molar-refractivity contribution in [2.24, 2.45) is 0 Å². The molecule has 0 saturated carbocycles. The van der Waals surface area contributed by atoms with E-state index in [1.54, 1.807) is 0 Å². The van der Waals surface area contributed by atoms with Crippen molar-refractivity contribution < 1.29 is 5.03 Å². The van der Waals surface area contributed by atoms with Crippen LogP contribution in [0.4, 0.5) is 0 Å².